The van der Waals surface area contributed by atoms with Gasteiger partial charge in [0, 0.05) is 11.7 Å². The minimum atomic E-state index is -0.00805. The first-order valence-electron chi connectivity index (χ1n) is 8.44. The minimum Gasteiger partial charge on any atom is -0.326 e. The van der Waals surface area contributed by atoms with Gasteiger partial charge in [-0.05, 0) is 43.6 Å². The predicted molar refractivity (Wildman–Crippen MR) is 94.2 cm³/mol. The maximum atomic E-state index is 12.9. The van der Waals surface area contributed by atoms with Crippen molar-refractivity contribution in [1.82, 2.24) is 4.90 Å². The maximum absolute atomic E-state index is 12.9. The summed E-state index contributed by atoms with van der Waals surface area (Å²) >= 11 is 0. The van der Waals surface area contributed by atoms with Crippen molar-refractivity contribution in [2.24, 2.45) is 5.92 Å². The zero-order chi connectivity index (χ0) is 16.1. The molecule has 1 fully saturated rings. The fourth-order valence-electron chi connectivity index (χ4n) is 3.54. The quantitative estimate of drug-likeness (QED) is 0.922. The second-order valence-corrected chi connectivity index (χ2v) is 6.09. The van der Waals surface area contributed by atoms with Gasteiger partial charge in [0.25, 0.3) is 0 Å². The molecule has 120 valence electrons. The number of carbonyl (C=O) groups is 1. The summed E-state index contributed by atoms with van der Waals surface area (Å²) in [5, 5.41) is 3.09. The second-order valence-electron chi connectivity index (χ2n) is 6.09. The Morgan fingerprint density at radius 1 is 1.09 bits per heavy atom. The van der Waals surface area contributed by atoms with Crippen molar-refractivity contribution < 1.29 is 4.79 Å². The molecular weight excluding hydrogens is 284 g/mol. The summed E-state index contributed by atoms with van der Waals surface area (Å²) in [5.41, 5.74) is 2.11. The number of anilines is 1. The molecule has 3 nitrogen and oxygen atoms in total. The van der Waals surface area contributed by atoms with Crippen LogP contribution in [0.4, 0.5) is 5.69 Å². The number of hydrogen-bond acceptors (Lipinski definition) is 2. The molecular formula is C20H24N2O. The first-order chi connectivity index (χ1) is 11.3. The molecule has 0 aliphatic carbocycles. The lowest BCUT2D eigenvalue weighted by Crippen LogP contribution is -2.43. The Hall–Kier alpha value is -2.13. The standard InChI is InChI=1S/C20H24N2O/c1-2-22-15-9-14-18(19(22)16-10-5-3-6-11-16)20(23)21-17-12-7-4-8-13-17/h3-8,10-13,18-19H,2,9,14-15H2,1H3,(H,21,23). The van der Waals surface area contributed by atoms with Crippen molar-refractivity contribution in [3.63, 3.8) is 0 Å². The highest BCUT2D eigenvalue weighted by atomic mass is 16.1. The highest BCUT2D eigenvalue weighted by molar-refractivity contribution is 5.93. The molecule has 23 heavy (non-hydrogen) atoms. The van der Waals surface area contributed by atoms with Gasteiger partial charge in [0.15, 0.2) is 0 Å². The number of nitrogens with zero attached hydrogens (tertiary/aromatic N) is 1. The lowest BCUT2D eigenvalue weighted by Gasteiger charge is -2.40. The first kappa shape index (κ1) is 15.8. The zero-order valence-corrected chi connectivity index (χ0v) is 13.6. The molecule has 2 aromatic carbocycles. The monoisotopic (exact) mass is 308 g/mol. The fraction of sp³-hybridized carbons (Fsp3) is 0.350. The topological polar surface area (TPSA) is 32.3 Å². The van der Waals surface area contributed by atoms with Crippen LogP contribution in [-0.2, 0) is 4.79 Å². The normalized spacial score (nSPS) is 21.8. The molecule has 2 aromatic rings. The summed E-state index contributed by atoms with van der Waals surface area (Å²) in [4.78, 5) is 15.3. The predicted octanol–water partition coefficient (Wildman–Crippen LogP) is 4.10. The molecule has 0 radical (unpaired) electrons. The minimum absolute atomic E-state index is 0.00805. The number of amides is 1. The van der Waals surface area contributed by atoms with Gasteiger partial charge < -0.3 is 5.32 Å². The average Bonchev–Trinajstić information content (AvgIpc) is 2.62. The van der Waals surface area contributed by atoms with Crippen LogP contribution in [0, 0.1) is 5.92 Å². The number of hydrogen-bond donors (Lipinski definition) is 1. The van der Waals surface area contributed by atoms with Gasteiger partial charge in [-0.3, -0.25) is 9.69 Å². The first-order valence-corrected chi connectivity index (χ1v) is 8.44. The van der Waals surface area contributed by atoms with Crippen LogP contribution in [0.1, 0.15) is 31.4 Å². The van der Waals surface area contributed by atoms with E-state index in [1.165, 1.54) is 5.56 Å². The number of piperidine rings is 1. The van der Waals surface area contributed by atoms with Gasteiger partial charge in [-0.2, -0.15) is 0 Å². The van der Waals surface area contributed by atoms with Crippen molar-refractivity contribution in [2.45, 2.75) is 25.8 Å². The zero-order valence-electron chi connectivity index (χ0n) is 13.6. The van der Waals surface area contributed by atoms with E-state index < -0.39 is 0 Å². The molecule has 2 atom stereocenters. The average molecular weight is 308 g/mol. The SMILES string of the molecule is CCN1CCCC(C(=O)Nc2ccccc2)C1c1ccccc1. The molecule has 1 saturated heterocycles. The number of nitrogens with one attached hydrogen (secondary N) is 1. The number of benzene rings is 2. The lowest BCUT2D eigenvalue weighted by atomic mass is 9.84. The Balaban J connectivity index is 1.84. The van der Waals surface area contributed by atoms with E-state index in [1.807, 2.05) is 36.4 Å². The molecule has 0 spiro atoms. The Morgan fingerprint density at radius 2 is 1.74 bits per heavy atom. The van der Waals surface area contributed by atoms with Gasteiger partial charge >= 0.3 is 0 Å². The number of likely N-dealkylation sites (tertiary alicyclic amines) is 1. The smallest absolute Gasteiger partial charge is 0.229 e. The van der Waals surface area contributed by atoms with E-state index in [0.29, 0.717) is 0 Å². The molecule has 3 rings (SSSR count). The van der Waals surface area contributed by atoms with E-state index in [2.05, 4.69) is 41.4 Å². The van der Waals surface area contributed by atoms with E-state index in [4.69, 9.17) is 0 Å². The number of para-hydroxylation sites is 1. The van der Waals surface area contributed by atoms with Gasteiger partial charge in [-0.1, -0.05) is 55.5 Å². The highest BCUT2D eigenvalue weighted by Crippen LogP contribution is 2.36. The molecule has 1 amide bonds. The molecule has 2 unspecified atom stereocenters. The summed E-state index contributed by atoms with van der Waals surface area (Å²) in [6, 6.07) is 20.3. The Kier molecular flexibility index (Phi) is 5.09. The van der Waals surface area contributed by atoms with Crippen molar-refractivity contribution in [3.8, 4) is 0 Å². The Morgan fingerprint density at radius 3 is 2.39 bits per heavy atom. The van der Waals surface area contributed by atoms with Crippen LogP contribution in [0.15, 0.2) is 60.7 Å². The fourth-order valence-corrected chi connectivity index (χ4v) is 3.54. The van der Waals surface area contributed by atoms with Crippen molar-refractivity contribution in [2.75, 3.05) is 18.4 Å². The van der Waals surface area contributed by atoms with Crippen LogP contribution in [0.5, 0.6) is 0 Å². The van der Waals surface area contributed by atoms with E-state index in [0.717, 1.165) is 31.6 Å². The van der Waals surface area contributed by atoms with Crippen molar-refractivity contribution in [1.29, 1.82) is 0 Å². The largest absolute Gasteiger partial charge is 0.326 e. The van der Waals surface area contributed by atoms with Gasteiger partial charge in [-0.15, -0.1) is 0 Å². The van der Waals surface area contributed by atoms with E-state index in [9.17, 15) is 4.79 Å². The van der Waals surface area contributed by atoms with Crippen molar-refractivity contribution in [3.05, 3.63) is 66.2 Å². The Bertz CT molecular complexity index is 627. The molecule has 0 aromatic heterocycles. The summed E-state index contributed by atoms with van der Waals surface area (Å²) in [6.07, 6.45) is 2.01. The number of rotatable bonds is 4. The third-order valence-corrected chi connectivity index (χ3v) is 4.66. The molecule has 0 saturated carbocycles. The van der Waals surface area contributed by atoms with Crippen molar-refractivity contribution >= 4 is 11.6 Å². The summed E-state index contributed by atoms with van der Waals surface area (Å²) in [5.74, 6) is 0.120. The van der Waals surface area contributed by atoms with Crippen LogP contribution in [-0.4, -0.2) is 23.9 Å². The van der Waals surface area contributed by atoms with Gasteiger partial charge in [0.05, 0.1) is 5.92 Å². The van der Waals surface area contributed by atoms with Crippen LogP contribution >= 0.6 is 0 Å². The molecule has 1 N–H and O–H groups in total. The van der Waals surface area contributed by atoms with Crippen LogP contribution in [0.25, 0.3) is 0 Å². The van der Waals surface area contributed by atoms with E-state index >= 15 is 0 Å². The van der Waals surface area contributed by atoms with Crippen LogP contribution in [0.2, 0.25) is 0 Å². The number of carbonyl (C=O) groups excluding carboxylic acids is 1. The third kappa shape index (κ3) is 3.62. The molecule has 1 aliphatic heterocycles. The van der Waals surface area contributed by atoms with E-state index in [1.54, 1.807) is 0 Å². The maximum Gasteiger partial charge on any atom is 0.229 e. The van der Waals surface area contributed by atoms with Crippen LogP contribution in [0.3, 0.4) is 0 Å². The molecule has 1 heterocycles. The highest BCUT2D eigenvalue weighted by Gasteiger charge is 2.36. The molecule has 1 aliphatic rings. The van der Waals surface area contributed by atoms with Crippen LogP contribution < -0.4 is 5.32 Å². The van der Waals surface area contributed by atoms with Gasteiger partial charge in [-0.25, -0.2) is 0 Å². The third-order valence-electron chi connectivity index (χ3n) is 4.66. The van der Waals surface area contributed by atoms with E-state index in [-0.39, 0.29) is 17.9 Å². The summed E-state index contributed by atoms with van der Waals surface area (Å²) < 4.78 is 0. The molecule has 3 heteroatoms. The second kappa shape index (κ2) is 7.42. The summed E-state index contributed by atoms with van der Waals surface area (Å²) in [6.45, 7) is 4.20. The van der Waals surface area contributed by atoms with Gasteiger partial charge in [0.2, 0.25) is 5.91 Å². The lowest BCUT2D eigenvalue weighted by molar-refractivity contribution is -0.123. The Labute approximate surface area is 138 Å². The van der Waals surface area contributed by atoms with Gasteiger partial charge in [0.1, 0.15) is 0 Å². The summed E-state index contributed by atoms with van der Waals surface area (Å²) in [7, 11) is 0. The molecule has 0 bridgehead atoms.